The van der Waals surface area contributed by atoms with E-state index in [1.54, 1.807) is 12.1 Å². The maximum Gasteiger partial charge on any atom is 0.169 e. The molecule has 0 radical (unpaired) electrons. The van der Waals surface area contributed by atoms with Crippen LogP contribution in [0.5, 0.6) is 0 Å². The molecule has 1 saturated heterocycles. The van der Waals surface area contributed by atoms with E-state index in [0.29, 0.717) is 17.2 Å². The quantitative estimate of drug-likeness (QED) is 0.779. The van der Waals surface area contributed by atoms with Crippen LogP contribution in [-0.4, -0.2) is 19.0 Å². The Balaban J connectivity index is 2.22. The van der Waals surface area contributed by atoms with Gasteiger partial charge >= 0.3 is 0 Å². The molecule has 0 amide bonds. The number of carbonyl (C=O) groups excluding carboxylic acids is 1. The number of Topliss-reactive ketones (excluding diaryl/α,β-unsaturated/α-hetero) is 1. The summed E-state index contributed by atoms with van der Waals surface area (Å²) in [5, 5.41) is 0.513. The summed E-state index contributed by atoms with van der Waals surface area (Å²) < 4.78 is 6.19. The van der Waals surface area contributed by atoms with Crippen LogP contribution >= 0.6 is 27.5 Å². The number of carbonyl (C=O) groups is 1. The van der Waals surface area contributed by atoms with E-state index in [9.17, 15) is 4.79 Å². The Kier molecular flexibility index (Phi) is 4.00. The first-order valence-corrected chi connectivity index (χ1v) is 6.42. The highest BCUT2D eigenvalue weighted by Crippen LogP contribution is 2.26. The monoisotopic (exact) mass is 302 g/mol. The van der Waals surface area contributed by atoms with Crippen molar-refractivity contribution < 1.29 is 9.53 Å². The van der Waals surface area contributed by atoms with Crippen LogP contribution in [0.1, 0.15) is 23.2 Å². The third-order valence-corrected chi connectivity index (χ3v) is 3.55. The molecule has 0 spiro atoms. The molecule has 2 rings (SSSR count). The van der Waals surface area contributed by atoms with Gasteiger partial charge in [0.05, 0.1) is 11.6 Å². The van der Waals surface area contributed by atoms with Crippen LogP contribution in [-0.2, 0) is 4.74 Å². The molecular formula is C12H12BrClO2. The van der Waals surface area contributed by atoms with Gasteiger partial charge in [-0.2, -0.15) is 0 Å². The normalized spacial score (nSPS) is 20.8. The van der Waals surface area contributed by atoms with Crippen molar-refractivity contribution in [3.05, 3.63) is 33.3 Å². The molecule has 1 aromatic rings. The number of halogens is 2. The molecule has 1 atom stereocenters. The Bertz CT molecular complexity index is 400. The van der Waals surface area contributed by atoms with E-state index < -0.39 is 0 Å². The Morgan fingerprint density at radius 2 is 2.31 bits per heavy atom. The third kappa shape index (κ3) is 2.65. The topological polar surface area (TPSA) is 26.3 Å². The molecule has 1 fully saturated rings. The van der Waals surface area contributed by atoms with Gasteiger partial charge in [0, 0.05) is 22.6 Å². The highest BCUT2D eigenvalue weighted by Gasteiger charge is 2.24. The minimum atomic E-state index is -0.0412. The zero-order valence-corrected chi connectivity index (χ0v) is 11.1. The van der Waals surface area contributed by atoms with Crippen molar-refractivity contribution in [2.24, 2.45) is 5.92 Å². The van der Waals surface area contributed by atoms with Crippen LogP contribution in [0.15, 0.2) is 22.7 Å². The first-order valence-electron chi connectivity index (χ1n) is 5.25. The molecule has 0 N–H and O–H groups in total. The molecule has 0 aliphatic carbocycles. The van der Waals surface area contributed by atoms with Crippen LogP contribution < -0.4 is 0 Å². The van der Waals surface area contributed by atoms with Crippen LogP contribution in [0.3, 0.4) is 0 Å². The van der Waals surface area contributed by atoms with Gasteiger partial charge in [-0.1, -0.05) is 27.5 Å². The fourth-order valence-corrected chi connectivity index (χ4v) is 2.43. The smallest absolute Gasteiger partial charge is 0.169 e. The molecule has 0 aromatic heterocycles. The van der Waals surface area contributed by atoms with E-state index in [2.05, 4.69) is 15.9 Å². The second kappa shape index (κ2) is 5.30. The van der Waals surface area contributed by atoms with E-state index >= 15 is 0 Å². The van der Waals surface area contributed by atoms with Crippen molar-refractivity contribution >= 4 is 33.3 Å². The fourth-order valence-electron chi connectivity index (χ4n) is 1.85. The summed E-state index contributed by atoms with van der Waals surface area (Å²) in [7, 11) is 0. The van der Waals surface area contributed by atoms with Crippen LogP contribution in [0.2, 0.25) is 5.02 Å². The Labute approximate surface area is 108 Å². The Morgan fingerprint density at radius 1 is 1.50 bits per heavy atom. The number of hydrogen-bond donors (Lipinski definition) is 0. The summed E-state index contributed by atoms with van der Waals surface area (Å²) in [6, 6.07) is 5.35. The molecule has 2 nitrogen and oxygen atoms in total. The van der Waals surface area contributed by atoms with Crippen molar-refractivity contribution in [1.29, 1.82) is 0 Å². The van der Waals surface area contributed by atoms with Gasteiger partial charge in [0.1, 0.15) is 0 Å². The maximum atomic E-state index is 12.2. The van der Waals surface area contributed by atoms with Gasteiger partial charge in [-0.3, -0.25) is 4.79 Å². The predicted octanol–water partition coefficient (Wildman–Crippen LogP) is 3.71. The standard InChI is InChI=1S/C12H12BrClO2/c13-9-3-4-11(14)10(6-9)12(15)8-2-1-5-16-7-8/h3-4,6,8H,1-2,5,7H2. The lowest BCUT2D eigenvalue weighted by atomic mass is 9.93. The lowest BCUT2D eigenvalue weighted by Gasteiger charge is -2.21. The second-order valence-electron chi connectivity index (χ2n) is 3.90. The van der Waals surface area contributed by atoms with E-state index in [1.807, 2.05) is 6.07 Å². The summed E-state index contributed by atoms with van der Waals surface area (Å²) in [5.74, 6) is 0.0477. The molecule has 1 unspecified atom stereocenters. The Hall–Kier alpha value is -0.380. The first-order chi connectivity index (χ1) is 7.68. The zero-order valence-electron chi connectivity index (χ0n) is 8.71. The van der Waals surface area contributed by atoms with Gasteiger partial charge in [-0.15, -0.1) is 0 Å². The van der Waals surface area contributed by atoms with E-state index in [4.69, 9.17) is 16.3 Å². The molecule has 1 aliphatic rings. The van der Waals surface area contributed by atoms with Crippen LogP contribution in [0.4, 0.5) is 0 Å². The molecule has 1 aromatic carbocycles. The highest BCUT2D eigenvalue weighted by molar-refractivity contribution is 9.10. The predicted molar refractivity (Wildman–Crippen MR) is 67.0 cm³/mol. The lowest BCUT2D eigenvalue weighted by molar-refractivity contribution is 0.0461. The van der Waals surface area contributed by atoms with Crippen LogP contribution in [0, 0.1) is 5.92 Å². The van der Waals surface area contributed by atoms with Crippen molar-refractivity contribution in [2.75, 3.05) is 13.2 Å². The average molecular weight is 304 g/mol. The van der Waals surface area contributed by atoms with Gasteiger partial charge in [0.15, 0.2) is 5.78 Å². The summed E-state index contributed by atoms with van der Waals surface area (Å²) >= 11 is 9.37. The second-order valence-corrected chi connectivity index (χ2v) is 5.23. The number of hydrogen-bond acceptors (Lipinski definition) is 2. The molecule has 1 heterocycles. The molecule has 0 bridgehead atoms. The minimum absolute atomic E-state index is 0.0412. The fraction of sp³-hybridized carbons (Fsp3) is 0.417. The summed E-state index contributed by atoms with van der Waals surface area (Å²) in [6.07, 6.45) is 1.84. The summed E-state index contributed by atoms with van der Waals surface area (Å²) in [5.41, 5.74) is 0.589. The molecule has 1 aliphatic heterocycles. The minimum Gasteiger partial charge on any atom is -0.381 e. The van der Waals surface area contributed by atoms with Gasteiger partial charge in [-0.05, 0) is 31.0 Å². The van der Waals surface area contributed by atoms with Crippen molar-refractivity contribution in [3.8, 4) is 0 Å². The van der Waals surface area contributed by atoms with Crippen molar-refractivity contribution in [3.63, 3.8) is 0 Å². The molecular weight excluding hydrogens is 291 g/mol. The molecule has 86 valence electrons. The van der Waals surface area contributed by atoms with E-state index in [-0.39, 0.29) is 11.7 Å². The van der Waals surface area contributed by atoms with Gasteiger partial charge in [0.2, 0.25) is 0 Å². The lowest BCUT2D eigenvalue weighted by Crippen LogP contribution is -2.25. The van der Waals surface area contributed by atoms with Crippen LogP contribution in [0.25, 0.3) is 0 Å². The first kappa shape index (κ1) is 12.1. The van der Waals surface area contributed by atoms with Crippen molar-refractivity contribution in [1.82, 2.24) is 0 Å². The highest BCUT2D eigenvalue weighted by atomic mass is 79.9. The van der Waals surface area contributed by atoms with E-state index in [0.717, 1.165) is 23.9 Å². The zero-order chi connectivity index (χ0) is 11.5. The molecule has 16 heavy (non-hydrogen) atoms. The number of ketones is 1. The maximum absolute atomic E-state index is 12.2. The molecule has 4 heteroatoms. The van der Waals surface area contributed by atoms with Gasteiger partial charge in [0.25, 0.3) is 0 Å². The van der Waals surface area contributed by atoms with Gasteiger partial charge < -0.3 is 4.74 Å². The number of benzene rings is 1. The SMILES string of the molecule is O=C(c1cc(Br)ccc1Cl)C1CCCOC1. The van der Waals surface area contributed by atoms with Crippen molar-refractivity contribution in [2.45, 2.75) is 12.8 Å². The Morgan fingerprint density at radius 3 is 3.00 bits per heavy atom. The summed E-state index contributed by atoms with van der Waals surface area (Å²) in [4.78, 5) is 12.2. The third-order valence-electron chi connectivity index (χ3n) is 2.72. The number of ether oxygens (including phenoxy) is 1. The largest absolute Gasteiger partial charge is 0.381 e. The molecule has 0 saturated carbocycles. The van der Waals surface area contributed by atoms with E-state index in [1.165, 1.54) is 0 Å². The average Bonchev–Trinajstić information content (AvgIpc) is 2.32. The summed E-state index contributed by atoms with van der Waals surface area (Å²) in [6.45, 7) is 1.28. The van der Waals surface area contributed by atoms with Gasteiger partial charge in [-0.25, -0.2) is 0 Å². The number of rotatable bonds is 2.